The maximum atomic E-state index is 15.0. The fourth-order valence-corrected chi connectivity index (χ4v) is 3.71. The number of rotatable bonds is 6. The summed E-state index contributed by atoms with van der Waals surface area (Å²) in [5.74, 6) is -4.01. The molecule has 158 valence electrons. The Hall–Kier alpha value is -2.95. The van der Waals surface area contributed by atoms with E-state index in [1.54, 1.807) is 18.2 Å². The van der Waals surface area contributed by atoms with Crippen LogP contribution in [-0.4, -0.2) is 33.2 Å². The summed E-state index contributed by atoms with van der Waals surface area (Å²) in [6.07, 6.45) is -3.23. The SMILES string of the molecule is Nc1nc2c(c(F)cn2[C@H]2C[C@H](F)[C@@](F)(CO[P+](=O)Oc3ccccc3)O2)c(=O)[nH]1. The molecule has 0 aliphatic carbocycles. The van der Waals surface area contributed by atoms with Gasteiger partial charge in [0.05, 0.1) is 0 Å². The van der Waals surface area contributed by atoms with E-state index < -0.39 is 56.3 Å². The Morgan fingerprint density at radius 2 is 2.13 bits per heavy atom. The van der Waals surface area contributed by atoms with Crippen LogP contribution in [0.25, 0.3) is 11.0 Å². The Kier molecular flexibility index (Phi) is 5.22. The van der Waals surface area contributed by atoms with Crippen molar-refractivity contribution in [2.75, 3.05) is 12.3 Å². The Labute approximate surface area is 167 Å². The predicted molar refractivity (Wildman–Crippen MR) is 98.8 cm³/mol. The first-order valence-corrected chi connectivity index (χ1v) is 9.76. The van der Waals surface area contributed by atoms with Crippen molar-refractivity contribution in [3.05, 3.63) is 52.7 Å². The molecule has 1 aliphatic rings. The summed E-state index contributed by atoms with van der Waals surface area (Å²) < 4.78 is 71.3. The number of aromatic amines is 1. The third kappa shape index (κ3) is 3.76. The van der Waals surface area contributed by atoms with Gasteiger partial charge in [0.1, 0.15) is 11.6 Å². The van der Waals surface area contributed by atoms with Gasteiger partial charge in [0.2, 0.25) is 5.95 Å². The van der Waals surface area contributed by atoms with Crippen molar-refractivity contribution in [1.82, 2.24) is 14.5 Å². The minimum atomic E-state index is -2.98. The number of H-pyrrole nitrogens is 1. The summed E-state index contributed by atoms with van der Waals surface area (Å²) in [6.45, 7) is -1.04. The number of ether oxygens (including phenoxy) is 1. The predicted octanol–water partition coefficient (Wildman–Crippen LogP) is 3.12. The van der Waals surface area contributed by atoms with E-state index in [0.717, 1.165) is 10.8 Å². The topological polar surface area (TPSA) is 121 Å². The molecule has 0 spiro atoms. The molecule has 2 aromatic heterocycles. The molecular formula is C17H15F3N4O5P+. The van der Waals surface area contributed by atoms with Gasteiger partial charge in [0, 0.05) is 17.2 Å². The van der Waals surface area contributed by atoms with Gasteiger partial charge in [-0.25, -0.2) is 17.7 Å². The zero-order valence-corrected chi connectivity index (χ0v) is 16.0. The average molecular weight is 443 g/mol. The van der Waals surface area contributed by atoms with E-state index in [-0.39, 0.29) is 17.3 Å². The number of para-hydroxylation sites is 1. The van der Waals surface area contributed by atoms with Gasteiger partial charge < -0.3 is 15.0 Å². The highest BCUT2D eigenvalue weighted by Gasteiger charge is 2.53. The number of nitrogens with zero attached hydrogens (tertiary/aromatic N) is 2. The number of halogens is 3. The van der Waals surface area contributed by atoms with Crippen LogP contribution in [0.1, 0.15) is 12.6 Å². The van der Waals surface area contributed by atoms with E-state index in [0.29, 0.717) is 0 Å². The zero-order chi connectivity index (χ0) is 21.5. The van der Waals surface area contributed by atoms with Crippen LogP contribution < -0.4 is 15.8 Å². The second kappa shape index (κ2) is 7.71. The van der Waals surface area contributed by atoms with Gasteiger partial charge in [-0.1, -0.05) is 18.2 Å². The summed E-state index contributed by atoms with van der Waals surface area (Å²) in [4.78, 5) is 17.8. The highest BCUT2D eigenvalue weighted by atomic mass is 31.1. The van der Waals surface area contributed by atoms with Crippen LogP contribution in [0.15, 0.2) is 41.3 Å². The highest BCUT2D eigenvalue weighted by Crippen LogP contribution is 2.43. The van der Waals surface area contributed by atoms with Crippen LogP contribution in [-0.2, 0) is 13.8 Å². The number of hydrogen-bond donors (Lipinski definition) is 2. The molecule has 1 saturated heterocycles. The van der Waals surface area contributed by atoms with Crippen molar-refractivity contribution < 1.29 is 31.5 Å². The second-order valence-electron chi connectivity index (χ2n) is 6.50. The molecule has 30 heavy (non-hydrogen) atoms. The van der Waals surface area contributed by atoms with Crippen molar-refractivity contribution in [1.29, 1.82) is 0 Å². The monoisotopic (exact) mass is 443 g/mol. The lowest BCUT2D eigenvalue weighted by Crippen LogP contribution is -2.36. The Morgan fingerprint density at radius 3 is 2.87 bits per heavy atom. The van der Waals surface area contributed by atoms with E-state index in [1.807, 2.05) is 0 Å². The van der Waals surface area contributed by atoms with Gasteiger partial charge in [-0.15, -0.1) is 4.52 Å². The zero-order valence-electron chi connectivity index (χ0n) is 15.1. The van der Waals surface area contributed by atoms with Gasteiger partial charge in [-0.2, -0.15) is 4.98 Å². The molecular weight excluding hydrogens is 428 g/mol. The largest absolute Gasteiger partial charge is 0.750 e. The van der Waals surface area contributed by atoms with Gasteiger partial charge >= 0.3 is 8.25 Å². The lowest BCUT2D eigenvalue weighted by atomic mass is 10.2. The molecule has 9 nitrogen and oxygen atoms in total. The highest BCUT2D eigenvalue weighted by molar-refractivity contribution is 7.33. The fourth-order valence-electron chi connectivity index (χ4n) is 3.08. The first-order chi connectivity index (χ1) is 14.3. The number of nitrogens with two attached hydrogens (primary N) is 1. The summed E-state index contributed by atoms with van der Waals surface area (Å²) in [6, 6.07) is 7.98. The number of fused-ring (bicyclic) bond motifs is 1. The summed E-state index contributed by atoms with van der Waals surface area (Å²) >= 11 is 0. The van der Waals surface area contributed by atoms with Crippen LogP contribution >= 0.6 is 8.25 Å². The lowest BCUT2D eigenvalue weighted by Gasteiger charge is -2.19. The Morgan fingerprint density at radius 1 is 1.40 bits per heavy atom. The molecule has 1 unspecified atom stereocenters. The average Bonchev–Trinajstić information content (AvgIpc) is 3.18. The number of aromatic nitrogens is 3. The van der Waals surface area contributed by atoms with Crippen LogP contribution in [0.3, 0.4) is 0 Å². The first-order valence-electron chi connectivity index (χ1n) is 8.66. The molecule has 4 rings (SSSR count). The Bertz CT molecular complexity index is 1160. The van der Waals surface area contributed by atoms with Gasteiger partial charge in [0.15, 0.2) is 30.0 Å². The number of nitrogen functional groups attached to an aromatic ring is 1. The van der Waals surface area contributed by atoms with Crippen molar-refractivity contribution in [3.8, 4) is 5.75 Å². The van der Waals surface area contributed by atoms with Gasteiger partial charge in [-0.05, 0) is 12.1 Å². The molecule has 1 fully saturated rings. The Balaban J connectivity index is 1.50. The van der Waals surface area contributed by atoms with Crippen molar-refractivity contribution in [2.24, 2.45) is 0 Å². The fraction of sp³-hybridized carbons (Fsp3) is 0.294. The van der Waals surface area contributed by atoms with Crippen LogP contribution in [0.2, 0.25) is 0 Å². The van der Waals surface area contributed by atoms with E-state index in [4.69, 9.17) is 19.5 Å². The number of hydrogen-bond acceptors (Lipinski definition) is 7. The number of alkyl halides is 2. The minimum Gasteiger partial charge on any atom is -0.369 e. The molecule has 4 atom stereocenters. The molecule has 1 aromatic carbocycles. The van der Waals surface area contributed by atoms with E-state index in [1.165, 1.54) is 12.1 Å². The van der Waals surface area contributed by atoms with Crippen LogP contribution in [0.4, 0.5) is 19.1 Å². The maximum Gasteiger partial charge on any atom is 0.750 e. The molecule has 3 aromatic rings. The number of nitrogens with one attached hydrogen (secondary N) is 1. The molecule has 0 radical (unpaired) electrons. The lowest BCUT2D eigenvalue weighted by molar-refractivity contribution is -0.190. The minimum absolute atomic E-state index is 0.219. The summed E-state index contributed by atoms with van der Waals surface area (Å²) in [7, 11) is -2.80. The van der Waals surface area contributed by atoms with E-state index >= 15 is 0 Å². The van der Waals surface area contributed by atoms with Crippen molar-refractivity contribution in [2.45, 2.75) is 24.7 Å². The molecule has 13 heteroatoms. The van der Waals surface area contributed by atoms with Crippen molar-refractivity contribution >= 4 is 25.2 Å². The third-order valence-electron chi connectivity index (χ3n) is 4.46. The second-order valence-corrected chi connectivity index (χ2v) is 7.39. The van der Waals surface area contributed by atoms with Gasteiger partial charge in [-0.3, -0.25) is 9.78 Å². The molecule has 0 amide bonds. The van der Waals surface area contributed by atoms with E-state index in [9.17, 15) is 22.5 Å². The van der Waals surface area contributed by atoms with Crippen molar-refractivity contribution in [3.63, 3.8) is 0 Å². The molecule has 0 saturated carbocycles. The van der Waals surface area contributed by atoms with E-state index in [2.05, 4.69) is 9.97 Å². The molecule has 3 N–H and O–H groups in total. The number of benzene rings is 1. The molecule has 0 bridgehead atoms. The van der Waals surface area contributed by atoms with Crippen LogP contribution in [0.5, 0.6) is 5.75 Å². The van der Waals surface area contributed by atoms with Crippen LogP contribution in [0, 0.1) is 5.82 Å². The summed E-state index contributed by atoms with van der Waals surface area (Å²) in [5.41, 5.74) is 4.40. The number of anilines is 1. The quantitative estimate of drug-likeness (QED) is 0.562. The smallest absolute Gasteiger partial charge is 0.369 e. The molecule has 1 aliphatic heterocycles. The normalized spacial score (nSPS) is 24.3. The molecule has 3 heterocycles. The first kappa shape index (κ1) is 20.3. The maximum absolute atomic E-state index is 15.0. The van der Waals surface area contributed by atoms with Gasteiger partial charge in [0.25, 0.3) is 11.4 Å². The third-order valence-corrected chi connectivity index (χ3v) is 5.16. The standard InChI is InChI=1S/C17H14F3N4O5P/c18-10-7-24(14-13(10)15(25)23-16(21)22-14)12-6-11(19)17(20,28-12)8-27-30(26)29-9-4-2-1-3-5-9/h1-5,7,11-12H,6,8H2,(H2-,21,22,23,25)/p+1/t11-,12+,17+/m0/s1. The summed E-state index contributed by atoms with van der Waals surface area (Å²) in [5, 5.41) is -0.421.